The molecule has 0 bridgehead atoms. The lowest BCUT2D eigenvalue weighted by atomic mass is 9.96. The molecule has 0 spiro atoms. The van der Waals surface area contributed by atoms with Crippen LogP contribution in [0.2, 0.25) is 0 Å². The van der Waals surface area contributed by atoms with Gasteiger partial charge in [0.1, 0.15) is 48.6 Å². The van der Waals surface area contributed by atoms with Crippen molar-refractivity contribution in [2.24, 2.45) is 0 Å². The number of anilines is 1. The fourth-order valence-corrected chi connectivity index (χ4v) is 8.89. The molecule has 0 amide bonds. The molecule has 2 aromatic heterocycles. The molecule has 60 heavy (non-hydrogen) atoms. The largest absolute Gasteiger partial charge is 0.472 e. The van der Waals surface area contributed by atoms with Gasteiger partial charge in [0.15, 0.2) is 11.6 Å². The number of phosphoric acid groups is 1. The average molecular weight is 855 g/mol. The van der Waals surface area contributed by atoms with E-state index in [1.165, 1.54) is 106 Å². The van der Waals surface area contributed by atoms with E-state index in [9.17, 15) is 24.4 Å². The van der Waals surface area contributed by atoms with E-state index in [0.717, 1.165) is 31.7 Å². The second-order valence-corrected chi connectivity index (χ2v) is 18.1. The summed E-state index contributed by atoms with van der Waals surface area (Å²) in [4.78, 5) is 14.9. The zero-order valence-corrected chi connectivity index (χ0v) is 36.5. The summed E-state index contributed by atoms with van der Waals surface area (Å²) in [6, 6.07) is 11.5. The zero-order chi connectivity index (χ0) is 43.0. The number of nitrogens with zero attached hydrogens (tertiary/aromatic N) is 5. The van der Waals surface area contributed by atoms with Crippen molar-refractivity contribution in [1.29, 1.82) is 10.5 Å². The van der Waals surface area contributed by atoms with Gasteiger partial charge >= 0.3 is 7.82 Å². The van der Waals surface area contributed by atoms with Gasteiger partial charge in [-0.3, -0.25) is 9.05 Å². The van der Waals surface area contributed by atoms with Crippen LogP contribution in [-0.2, 0) is 39.2 Å². The second-order valence-electron chi connectivity index (χ2n) is 16.6. The van der Waals surface area contributed by atoms with Crippen molar-refractivity contribution < 1.29 is 41.8 Å². The summed E-state index contributed by atoms with van der Waals surface area (Å²) in [7, 11) is -4.80. The molecule has 2 saturated heterocycles. The number of hydrogen-bond donors (Lipinski definition) is 2. The number of nitriles is 2. The highest BCUT2D eigenvalue weighted by Gasteiger charge is 2.65. The Morgan fingerprint density at radius 3 is 2.17 bits per heavy atom. The van der Waals surface area contributed by atoms with Crippen molar-refractivity contribution in [2.45, 2.75) is 179 Å². The Kier molecular flexibility index (Phi) is 18.3. The highest BCUT2D eigenvalue weighted by atomic mass is 31.2. The van der Waals surface area contributed by atoms with E-state index < -0.39 is 56.1 Å². The fourth-order valence-electron chi connectivity index (χ4n) is 8.10. The van der Waals surface area contributed by atoms with E-state index in [1.54, 1.807) is 26.0 Å². The minimum atomic E-state index is -4.80. The van der Waals surface area contributed by atoms with Crippen LogP contribution in [0.4, 0.5) is 10.2 Å². The third kappa shape index (κ3) is 13.8. The molecular formula is C44H64FN6O8P. The lowest BCUT2D eigenvalue weighted by Crippen LogP contribution is -2.45. The first-order valence-corrected chi connectivity index (χ1v) is 23.3. The minimum Gasteiger partial charge on any atom is -0.382 e. The van der Waals surface area contributed by atoms with Crippen molar-refractivity contribution in [3.05, 3.63) is 59.3 Å². The topological polar surface area (TPSA) is 196 Å². The van der Waals surface area contributed by atoms with E-state index in [1.807, 2.05) is 6.07 Å². The molecule has 2 aliphatic rings. The van der Waals surface area contributed by atoms with Crippen LogP contribution >= 0.6 is 7.82 Å². The van der Waals surface area contributed by atoms with Crippen LogP contribution in [0.1, 0.15) is 159 Å². The van der Waals surface area contributed by atoms with Gasteiger partial charge in [-0.15, -0.1) is 0 Å². The summed E-state index contributed by atoms with van der Waals surface area (Å²) in [6.45, 7) is 4.63. The Morgan fingerprint density at radius 2 is 1.55 bits per heavy atom. The van der Waals surface area contributed by atoms with Crippen LogP contribution in [0.25, 0.3) is 5.52 Å². The highest BCUT2D eigenvalue weighted by Crippen LogP contribution is 2.52. The van der Waals surface area contributed by atoms with Gasteiger partial charge in [-0.1, -0.05) is 116 Å². The number of phosphoric ester groups is 1. The number of benzene rings is 1. The first-order valence-electron chi connectivity index (χ1n) is 21.8. The molecule has 3 N–H and O–H groups in total. The average Bonchev–Trinajstić information content (AvgIpc) is 3.89. The van der Waals surface area contributed by atoms with Crippen LogP contribution in [0.15, 0.2) is 36.7 Å². The maximum atomic E-state index is 14.2. The van der Waals surface area contributed by atoms with Gasteiger partial charge in [0, 0.05) is 0 Å². The molecule has 5 rings (SSSR count). The van der Waals surface area contributed by atoms with Crippen molar-refractivity contribution in [1.82, 2.24) is 14.6 Å². The lowest BCUT2D eigenvalue weighted by molar-refractivity contribution is -0.204. The Hall–Kier alpha value is -3.50. The number of nitrogens with two attached hydrogens (primary N) is 1. The molecule has 0 saturated carbocycles. The number of ether oxygens (including phenoxy) is 4. The maximum Gasteiger partial charge on any atom is 0.472 e. The fraction of sp³-hybridized carbons (Fsp3) is 0.682. The lowest BCUT2D eigenvalue weighted by Gasteiger charge is -2.29. The number of aromatic nitrogens is 3. The van der Waals surface area contributed by atoms with Gasteiger partial charge in [0.05, 0.1) is 36.6 Å². The van der Waals surface area contributed by atoms with Crippen molar-refractivity contribution >= 4 is 19.2 Å². The van der Waals surface area contributed by atoms with Crippen molar-refractivity contribution in [3.8, 4) is 12.1 Å². The molecule has 4 heterocycles. The monoisotopic (exact) mass is 854 g/mol. The molecule has 1 aromatic carbocycles. The normalized spacial score (nSPS) is 22.4. The molecule has 1 unspecified atom stereocenters. The van der Waals surface area contributed by atoms with Gasteiger partial charge < -0.3 is 29.6 Å². The summed E-state index contributed by atoms with van der Waals surface area (Å²) in [5.74, 6) is -1.42. The zero-order valence-electron chi connectivity index (χ0n) is 35.6. The smallest absolute Gasteiger partial charge is 0.382 e. The maximum absolute atomic E-state index is 14.2. The van der Waals surface area contributed by atoms with E-state index >= 15 is 0 Å². The van der Waals surface area contributed by atoms with Gasteiger partial charge in [0.25, 0.3) is 0 Å². The van der Waals surface area contributed by atoms with Crippen LogP contribution in [0.5, 0.6) is 0 Å². The second kappa shape index (κ2) is 23.1. The Morgan fingerprint density at radius 1 is 0.917 bits per heavy atom. The third-order valence-electron chi connectivity index (χ3n) is 11.3. The summed E-state index contributed by atoms with van der Waals surface area (Å²) >= 11 is 0. The van der Waals surface area contributed by atoms with Crippen LogP contribution < -0.4 is 5.73 Å². The molecule has 16 heteroatoms. The van der Waals surface area contributed by atoms with Gasteiger partial charge in [0.2, 0.25) is 5.60 Å². The molecule has 3 aromatic rings. The summed E-state index contributed by atoms with van der Waals surface area (Å²) in [6.07, 6.45) is 19.6. The molecular weight excluding hydrogens is 790 g/mol. The van der Waals surface area contributed by atoms with E-state index in [2.05, 4.69) is 23.1 Å². The molecule has 0 radical (unpaired) electrons. The number of halogens is 1. The SMILES string of the molecule is CCCCCCCCCCCCCCCCCCC[C@@H](COP(=O)(O)OC[C@@]1(C#N)O[C@@H](c2ccc3c(N)ncnn23)[C@@H]2OC(C)(C)O[C@@H]21)OCc1cc(F)cc(C#N)c1. The van der Waals surface area contributed by atoms with Gasteiger partial charge in [-0.25, -0.2) is 18.5 Å². The molecule has 0 aliphatic carbocycles. The number of unbranched alkanes of at least 4 members (excludes halogenated alkanes) is 16. The Balaban J connectivity index is 1.10. The predicted octanol–water partition coefficient (Wildman–Crippen LogP) is 9.94. The van der Waals surface area contributed by atoms with Crippen LogP contribution in [0.3, 0.4) is 0 Å². The minimum absolute atomic E-state index is 0.0377. The van der Waals surface area contributed by atoms with E-state index in [0.29, 0.717) is 23.2 Å². The molecule has 330 valence electrons. The van der Waals surface area contributed by atoms with Crippen molar-refractivity contribution in [2.75, 3.05) is 18.9 Å². The number of fused-ring (bicyclic) bond motifs is 2. The quantitative estimate of drug-likeness (QED) is 0.0518. The highest BCUT2D eigenvalue weighted by molar-refractivity contribution is 7.47. The predicted molar refractivity (Wildman–Crippen MR) is 224 cm³/mol. The van der Waals surface area contributed by atoms with Crippen LogP contribution in [-0.4, -0.2) is 62.4 Å². The van der Waals surface area contributed by atoms with Crippen molar-refractivity contribution in [3.63, 3.8) is 0 Å². The standard InChI is InChI=1S/C44H64FN6O8P/c1-4-5-6-7-8-9-10-11-12-13-14-15-16-17-18-19-20-21-36(54-28-34-24-33(27-46)25-35(45)26-34)29-55-60(52,53)56-31-44(30-47)41-40(57-43(2,3)59-41)39(58-44)37-22-23-38-42(48)49-32-50-51(37)38/h22-26,32,36,39-41H,4-21,28-29,31H2,1-3H3,(H,52,53)(H2,48,49,50)/t36-,39-,40-,41-,44+/m0/s1. The van der Waals surface area contributed by atoms with Gasteiger partial charge in [-0.2, -0.15) is 15.6 Å². The van der Waals surface area contributed by atoms with Gasteiger partial charge in [-0.05, 0) is 56.2 Å². The third-order valence-corrected chi connectivity index (χ3v) is 12.2. The summed E-state index contributed by atoms with van der Waals surface area (Å²) in [5, 5.41) is 24.1. The van der Waals surface area contributed by atoms with E-state index in [-0.39, 0.29) is 24.6 Å². The number of nitrogen functional groups attached to an aromatic ring is 1. The number of rotatable bonds is 28. The first kappa shape index (κ1) is 47.5. The molecule has 2 fully saturated rings. The van der Waals surface area contributed by atoms with Crippen LogP contribution in [0, 0.1) is 28.5 Å². The number of hydrogen-bond acceptors (Lipinski definition) is 12. The summed E-state index contributed by atoms with van der Waals surface area (Å²) < 4.78 is 64.8. The molecule has 2 aliphatic heterocycles. The Bertz CT molecular complexity index is 1940. The summed E-state index contributed by atoms with van der Waals surface area (Å²) in [5.41, 5.74) is 5.83. The first-order chi connectivity index (χ1) is 28.9. The van der Waals surface area contributed by atoms with E-state index in [4.69, 9.17) is 33.7 Å². The Labute approximate surface area is 354 Å². The molecule has 14 nitrogen and oxygen atoms in total. The molecule has 6 atom stereocenters.